The lowest BCUT2D eigenvalue weighted by Gasteiger charge is -2.07. The second-order valence-electron chi connectivity index (χ2n) is 4.98. The molecule has 2 heterocycles. The number of hydrogen-bond donors (Lipinski definition) is 1. The van der Waals surface area contributed by atoms with E-state index in [4.69, 9.17) is 16.1 Å². The van der Waals surface area contributed by atoms with E-state index in [0.717, 1.165) is 46.7 Å². The highest BCUT2D eigenvalue weighted by Crippen LogP contribution is 2.19. The zero-order chi connectivity index (χ0) is 15.5. The van der Waals surface area contributed by atoms with Gasteiger partial charge in [0, 0.05) is 23.6 Å². The van der Waals surface area contributed by atoms with Crippen LogP contribution in [0.5, 0.6) is 0 Å². The molecule has 0 saturated carbocycles. The maximum atomic E-state index is 5.95. The molecule has 0 aliphatic carbocycles. The topological polar surface area (TPSA) is 63.8 Å². The first-order valence-corrected chi connectivity index (χ1v) is 7.71. The Hall–Kier alpha value is -2.14. The first-order chi connectivity index (χ1) is 10.7. The van der Waals surface area contributed by atoms with Gasteiger partial charge in [-0.2, -0.15) is 0 Å². The standard InChI is InChI=1S/C16H17ClN4O/c1-3-12-11(15(4-2)22-21-12)8-19-16-9-18-14-7-10(17)5-6-13(14)20-16/h5-7,9H,3-4,8H2,1-2H3,(H,19,20). The molecule has 0 bridgehead atoms. The summed E-state index contributed by atoms with van der Waals surface area (Å²) in [5.74, 6) is 1.64. The average Bonchev–Trinajstić information content (AvgIpc) is 2.94. The van der Waals surface area contributed by atoms with Crippen LogP contribution in [0, 0.1) is 0 Å². The Labute approximate surface area is 133 Å². The number of halogens is 1. The van der Waals surface area contributed by atoms with Gasteiger partial charge in [0.25, 0.3) is 0 Å². The van der Waals surface area contributed by atoms with Crippen molar-refractivity contribution in [1.82, 2.24) is 15.1 Å². The summed E-state index contributed by atoms with van der Waals surface area (Å²) in [5, 5.41) is 8.07. The van der Waals surface area contributed by atoms with Gasteiger partial charge in [0.1, 0.15) is 11.6 Å². The van der Waals surface area contributed by atoms with E-state index in [1.165, 1.54) is 0 Å². The quantitative estimate of drug-likeness (QED) is 0.770. The summed E-state index contributed by atoms with van der Waals surface area (Å²) >= 11 is 5.95. The van der Waals surface area contributed by atoms with Crippen LogP contribution in [0.4, 0.5) is 5.82 Å². The number of aromatic nitrogens is 3. The number of anilines is 1. The van der Waals surface area contributed by atoms with Crippen LogP contribution >= 0.6 is 11.6 Å². The van der Waals surface area contributed by atoms with Crippen molar-refractivity contribution in [2.75, 3.05) is 5.32 Å². The monoisotopic (exact) mass is 316 g/mol. The summed E-state index contributed by atoms with van der Waals surface area (Å²) in [4.78, 5) is 8.92. The average molecular weight is 317 g/mol. The van der Waals surface area contributed by atoms with Crippen molar-refractivity contribution in [3.05, 3.63) is 46.4 Å². The third-order valence-corrected chi connectivity index (χ3v) is 3.79. The summed E-state index contributed by atoms with van der Waals surface area (Å²) < 4.78 is 5.37. The summed E-state index contributed by atoms with van der Waals surface area (Å²) in [5.41, 5.74) is 3.70. The summed E-state index contributed by atoms with van der Waals surface area (Å²) in [6, 6.07) is 5.48. The fourth-order valence-electron chi connectivity index (χ4n) is 2.39. The SMILES string of the molecule is CCc1noc(CC)c1CNc1cnc2cc(Cl)ccc2n1. The lowest BCUT2D eigenvalue weighted by Crippen LogP contribution is -2.05. The van der Waals surface area contributed by atoms with Gasteiger partial charge in [-0.25, -0.2) is 4.98 Å². The molecule has 0 radical (unpaired) electrons. The number of aryl methyl sites for hydroxylation is 2. The molecular formula is C16H17ClN4O. The number of hydrogen-bond acceptors (Lipinski definition) is 5. The predicted octanol–water partition coefficient (Wildman–Crippen LogP) is 4.01. The van der Waals surface area contributed by atoms with Gasteiger partial charge < -0.3 is 9.84 Å². The van der Waals surface area contributed by atoms with E-state index in [9.17, 15) is 0 Å². The molecule has 22 heavy (non-hydrogen) atoms. The fourth-order valence-corrected chi connectivity index (χ4v) is 2.55. The molecule has 0 amide bonds. The maximum Gasteiger partial charge on any atom is 0.145 e. The van der Waals surface area contributed by atoms with Gasteiger partial charge in [-0.3, -0.25) is 4.98 Å². The molecule has 3 aromatic rings. The second kappa shape index (κ2) is 6.32. The highest BCUT2D eigenvalue weighted by Gasteiger charge is 2.13. The Morgan fingerprint density at radius 3 is 2.82 bits per heavy atom. The first kappa shape index (κ1) is 14.8. The highest BCUT2D eigenvalue weighted by atomic mass is 35.5. The third-order valence-electron chi connectivity index (χ3n) is 3.56. The van der Waals surface area contributed by atoms with Crippen LogP contribution in [0.1, 0.15) is 30.9 Å². The summed E-state index contributed by atoms with van der Waals surface area (Å²) in [6.07, 6.45) is 3.39. The van der Waals surface area contributed by atoms with Crippen LogP contribution in [-0.2, 0) is 19.4 Å². The molecule has 0 spiro atoms. The summed E-state index contributed by atoms with van der Waals surface area (Å²) in [7, 11) is 0. The molecule has 1 N–H and O–H groups in total. The molecular weight excluding hydrogens is 300 g/mol. The van der Waals surface area contributed by atoms with E-state index in [0.29, 0.717) is 11.6 Å². The predicted molar refractivity (Wildman–Crippen MR) is 87.1 cm³/mol. The molecule has 3 rings (SSSR count). The van der Waals surface area contributed by atoms with Crippen LogP contribution in [0.15, 0.2) is 28.9 Å². The lowest BCUT2D eigenvalue weighted by molar-refractivity contribution is 0.380. The van der Waals surface area contributed by atoms with E-state index in [-0.39, 0.29) is 0 Å². The van der Waals surface area contributed by atoms with Gasteiger partial charge in [-0.05, 0) is 24.6 Å². The largest absolute Gasteiger partial charge is 0.364 e. The fraction of sp³-hybridized carbons (Fsp3) is 0.312. The number of benzene rings is 1. The van der Waals surface area contributed by atoms with Crippen LogP contribution in [0.2, 0.25) is 5.02 Å². The number of fused-ring (bicyclic) bond motifs is 1. The maximum absolute atomic E-state index is 5.95. The lowest BCUT2D eigenvalue weighted by atomic mass is 10.1. The van der Waals surface area contributed by atoms with E-state index < -0.39 is 0 Å². The Morgan fingerprint density at radius 1 is 1.18 bits per heavy atom. The van der Waals surface area contributed by atoms with Crippen LogP contribution in [0.3, 0.4) is 0 Å². The molecule has 0 saturated heterocycles. The zero-order valence-corrected chi connectivity index (χ0v) is 13.3. The van der Waals surface area contributed by atoms with Crippen LogP contribution in [0.25, 0.3) is 11.0 Å². The molecule has 2 aromatic heterocycles. The Kier molecular flexibility index (Phi) is 4.24. The minimum atomic E-state index is 0.629. The third kappa shape index (κ3) is 2.90. The minimum absolute atomic E-state index is 0.629. The van der Waals surface area contributed by atoms with Crippen molar-refractivity contribution in [2.45, 2.75) is 33.2 Å². The number of nitrogens with one attached hydrogen (secondary N) is 1. The molecule has 0 fully saturated rings. The number of nitrogens with zero attached hydrogens (tertiary/aromatic N) is 3. The van der Waals surface area contributed by atoms with Crippen molar-refractivity contribution in [3.8, 4) is 0 Å². The zero-order valence-electron chi connectivity index (χ0n) is 12.6. The molecule has 0 unspecified atom stereocenters. The van der Waals surface area contributed by atoms with Crippen molar-refractivity contribution < 1.29 is 4.52 Å². The van der Waals surface area contributed by atoms with Crippen LogP contribution in [-0.4, -0.2) is 15.1 Å². The van der Waals surface area contributed by atoms with Crippen molar-refractivity contribution in [1.29, 1.82) is 0 Å². The molecule has 0 aliphatic rings. The first-order valence-electron chi connectivity index (χ1n) is 7.33. The smallest absolute Gasteiger partial charge is 0.145 e. The number of rotatable bonds is 5. The van der Waals surface area contributed by atoms with E-state index in [1.54, 1.807) is 12.3 Å². The molecule has 6 heteroatoms. The van der Waals surface area contributed by atoms with Gasteiger partial charge in [0.2, 0.25) is 0 Å². The van der Waals surface area contributed by atoms with Gasteiger partial charge in [0.15, 0.2) is 0 Å². The normalized spacial score (nSPS) is 11.0. The van der Waals surface area contributed by atoms with Gasteiger partial charge in [0.05, 0.1) is 22.9 Å². The molecule has 114 valence electrons. The van der Waals surface area contributed by atoms with Crippen molar-refractivity contribution in [3.63, 3.8) is 0 Å². The Balaban J connectivity index is 1.82. The van der Waals surface area contributed by atoms with Crippen molar-refractivity contribution in [2.24, 2.45) is 0 Å². The van der Waals surface area contributed by atoms with E-state index in [2.05, 4.69) is 34.3 Å². The van der Waals surface area contributed by atoms with Gasteiger partial charge in [-0.1, -0.05) is 30.6 Å². The van der Waals surface area contributed by atoms with Crippen molar-refractivity contribution >= 4 is 28.5 Å². The minimum Gasteiger partial charge on any atom is -0.364 e. The molecule has 0 aliphatic heterocycles. The highest BCUT2D eigenvalue weighted by molar-refractivity contribution is 6.31. The van der Waals surface area contributed by atoms with Gasteiger partial charge >= 0.3 is 0 Å². The van der Waals surface area contributed by atoms with Crippen LogP contribution < -0.4 is 5.32 Å². The molecule has 1 aromatic carbocycles. The van der Waals surface area contributed by atoms with Gasteiger partial charge in [-0.15, -0.1) is 0 Å². The molecule has 5 nitrogen and oxygen atoms in total. The Morgan fingerprint density at radius 2 is 2.05 bits per heavy atom. The van der Waals surface area contributed by atoms with E-state index in [1.807, 2.05) is 12.1 Å². The Bertz CT molecular complexity index is 778. The summed E-state index contributed by atoms with van der Waals surface area (Å²) in [6.45, 7) is 4.76. The van der Waals surface area contributed by atoms with E-state index >= 15 is 0 Å². The second-order valence-corrected chi connectivity index (χ2v) is 5.42. The molecule has 0 atom stereocenters.